The van der Waals surface area contributed by atoms with Crippen LogP contribution in [0.2, 0.25) is 0 Å². The number of anilines is 1. The normalized spacial score (nSPS) is 29.1. The molecule has 0 bridgehead atoms. The highest BCUT2D eigenvalue weighted by molar-refractivity contribution is 5.77. The number of methoxy groups -OCH3 is 1. The largest absolute Gasteiger partial charge is 0.479 e. The maximum absolute atomic E-state index is 10.0. The van der Waals surface area contributed by atoms with Crippen LogP contribution < -0.4 is 16.2 Å². The smallest absolute Gasteiger partial charge is 0.246 e. The van der Waals surface area contributed by atoms with Gasteiger partial charge in [0.1, 0.15) is 18.1 Å². The predicted octanol–water partition coefficient (Wildman–Crippen LogP) is -1.66. The number of hydrogen-bond donors (Lipinski definition) is 4. The average molecular weight is 296 g/mol. The molecule has 0 spiro atoms. The molecule has 1 aliphatic rings. The molecular weight excluding hydrogens is 280 g/mol. The molecule has 0 unspecified atom stereocenters. The van der Waals surface area contributed by atoms with Crippen LogP contribution in [0.15, 0.2) is 6.33 Å². The Kier molecular flexibility index (Phi) is 3.17. The number of aliphatic hydroxyl groups excluding tert-OH is 1. The van der Waals surface area contributed by atoms with Crippen molar-refractivity contribution in [3.05, 3.63) is 6.33 Å². The summed E-state index contributed by atoms with van der Waals surface area (Å²) in [6.45, 7) is -0.392. The Hall–Kier alpha value is -2.01. The molecule has 2 aromatic rings. The van der Waals surface area contributed by atoms with E-state index in [4.69, 9.17) is 20.9 Å². The Bertz CT molecular complexity index is 672. The van der Waals surface area contributed by atoms with Crippen LogP contribution in [0.5, 0.6) is 5.88 Å². The predicted molar refractivity (Wildman–Crippen MR) is 71.0 cm³/mol. The summed E-state index contributed by atoms with van der Waals surface area (Å²) >= 11 is 0. The first-order valence-electron chi connectivity index (χ1n) is 6.28. The summed E-state index contributed by atoms with van der Waals surface area (Å²) in [7, 11) is 1.45. The highest BCUT2D eigenvalue weighted by Gasteiger charge is 2.45. The van der Waals surface area contributed by atoms with Gasteiger partial charge in [0.15, 0.2) is 11.2 Å². The molecular formula is C11H16N6O4. The average Bonchev–Trinajstić information content (AvgIpc) is 2.97. The molecule has 21 heavy (non-hydrogen) atoms. The summed E-state index contributed by atoms with van der Waals surface area (Å²) in [4.78, 5) is 12.2. The van der Waals surface area contributed by atoms with E-state index in [0.29, 0.717) is 11.2 Å². The lowest BCUT2D eigenvalue weighted by Crippen LogP contribution is -2.48. The van der Waals surface area contributed by atoms with Gasteiger partial charge in [-0.2, -0.15) is 9.97 Å². The Balaban J connectivity index is 2.04. The minimum atomic E-state index is -1.63. The van der Waals surface area contributed by atoms with Gasteiger partial charge in [0.05, 0.1) is 20.0 Å². The summed E-state index contributed by atoms with van der Waals surface area (Å²) in [5.41, 5.74) is 10.5. The van der Waals surface area contributed by atoms with E-state index in [1.807, 2.05) is 0 Å². The van der Waals surface area contributed by atoms with E-state index < -0.39 is 24.7 Å². The first kappa shape index (κ1) is 13.9. The summed E-state index contributed by atoms with van der Waals surface area (Å²) in [6, 6.07) is 0. The van der Waals surface area contributed by atoms with Crippen molar-refractivity contribution >= 4 is 17.1 Å². The molecule has 114 valence electrons. The Morgan fingerprint density at radius 3 is 2.95 bits per heavy atom. The van der Waals surface area contributed by atoms with E-state index in [-0.39, 0.29) is 18.2 Å². The number of ether oxygens (including phenoxy) is 2. The van der Waals surface area contributed by atoms with Crippen LogP contribution in [0.3, 0.4) is 0 Å². The molecule has 0 saturated carbocycles. The third-order valence-corrected chi connectivity index (χ3v) is 3.46. The van der Waals surface area contributed by atoms with Gasteiger partial charge >= 0.3 is 0 Å². The van der Waals surface area contributed by atoms with Gasteiger partial charge in [0.2, 0.25) is 11.8 Å². The monoisotopic (exact) mass is 296 g/mol. The zero-order chi connectivity index (χ0) is 15.2. The van der Waals surface area contributed by atoms with E-state index >= 15 is 0 Å². The highest BCUT2D eigenvalue weighted by Crippen LogP contribution is 2.35. The van der Waals surface area contributed by atoms with Crippen molar-refractivity contribution in [1.29, 1.82) is 0 Å². The number of nitrogens with zero attached hydrogens (tertiary/aromatic N) is 4. The van der Waals surface area contributed by atoms with Crippen molar-refractivity contribution in [2.45, 2.75) is 24.5 Å². The molecule has 1 aliphatic heterocycles. The second-order valence-electron chi connectivity index (χ2n) is 4.87. The van der Waals surface area contributed by atoms with E-state index in [1.54, 1.807) is 4.57 Å². The standard InChI is InChI=1S/C11H16N6O4/c1-20-9-7-8(15-10(12)16-9)17(4-14-7)6-2-11(13,19)5(3-18)21-6/h4-6,18-19H,2-3,13H2,1H3,(H2,12,15,16)/t5-,6-,11+/m1/s1. The molecule has 0 aliphatic carbocycles. The zero-order valence-electron chi connectivity index (χ0n) is 11.3. The van der Waals surface area contributed by atoms with Crippen LogP contribution in [0.4, 0.5) is 5.95 Å². The fraction of sp³-hybridized carbons (Fsp3) is 0.545. The number of hydrogen-bond acceptors (Lipinski definition) is 9. The number of fused-ring (bicyclic) bond motifs is 1. The van der Waals surface area contributed by atoms with Crippen LogP contribution in [0.25, 0.3) is 11.2 Å². The number of imidazole rings is 1. The molecule has 3 atom stereocenters. The van der Waals surface area contributed by atoms with Crippen molar-refractivity contribution in [2.75, 3.05) is 19.5 Å². The topological polar surface area (TPSA) is 155 Å². The highest BCUT2D eigenvalue weighted by atomic mass is 16.5. The molecule has 10 heteroatoms. The van der Waals surface area contributed by atoms with E-state index in [9.17, 15) is 10.2 Å². The third-order valence-electron chi connectivity index (χ3n) is 3.46. The number of aliphatic hydroxyl groups is 2. The van der Waals surface area contributed by atoms with E-state index in [2.05, 4.69) is 15.0 Å². The summed E-state index contributed by atoms with van der Waals surface area (Å²) < 4.78 is 12.2. The van der Waals surface area contributed by atoms with Crippen molar-refractivity contribution in [3.63, 3.8) is 0 Å². The number of nitrogen functional groups attached to an aromatic ring is 1. The molecule has 0 amide bonds. The fourth-order valence-electron chi connectivity index (χ4n) is 2.39. The maximum Gasteiger partial charge on any atom is 0.246 e. The second kappa shape index (κ2) is 4.77. The van der Waals surface area contributed by atoms with Crippen LogP contribution in [0, 0.1) is 0 Å². The first-order chi connectivity index (χ1) is 9.96. The molecule has 3 rings (SSSR count). The van der Waals surface area contributed by atoms with Crippen LogP contribution in [-0.2, 0) is 4.74 Å². The molecule has 1 fully saturated rings. The molecule has 2 aromatic heterocycles. The minimum Gasteiger partial charge on any atom is -0.479 e. The SMILES string of the molecule is COc1nc(N)nc2c1ncn2[C@H]1C[C@](N)(O)[C@@H](CO)O1. The lowest BCUT2D eigenvalue weighted by Gasteiger charge is -2.20. The Morgan fingerprint density at radius 2 is 2.33 bits per heavy atom. The Labute approximate surface area is 119 Å². The molecule has 0 aromatic carbocycles. The van der Waals surface area contributed by atoms with Gasteiger partial charge < -0.3 is 31.2 Å². The van der Waals surface area contributed by atoms with Crippen LogP contribution in [0.1, 0.15) is 12.6 Å². The van der Waals surface area contributed by atoms with Crippen molar-refractivity contribution in [3.8, 4) is 5.88 Å². The number of nitrogens with two attached hydrogens (primary N) is 2. The molecule has 10 nitrogen and oxygen atoms in total. The van der Waals surface area contributed by atoms with Gasteiger partial charge in [-0.3, -0.25) is 4.57 Å². The number of rotatable bonds is 3. The van der Waals surface area contributed by atoms with E-state index in [0.717, 1.165) is 0 Å². The lowest BCUT2D eigenvalue weighted by atomic mass is 10.1. The molecule has 1 saturated heterocycles. The minimum absolute atomic E-state index is 0.0285. The van der Waals surface area contributed by atoms with Gasteiger partial charge in [-0.25, -0.2) is 4.98 Å². The summed E-state index contributed by atoms with van der Waals surface area (Å²) in [6.07, 6.45) is 0.0414. The van der Waals surface area contributed by atoms with Gasteiger partial charge in [0, 0.05) is 6.42 Å². The van der Waals surface area contributed by atoms with Crippen LogP contribution in [-0.4, -0.2) is 55.3 Å². The molecule has 6 N–H and O–H groups in total. The maximum atomic E-state index is 10.0. The molecule has 0 radical (unpaired) electrons. The van der Waals surface area contributed by atoms with Crippen molar-refractivity contribution in [2.24, 2.45) is 5.73 Å². The van der Waals surface area contributed by atoms with Crippen molar-refractivity contribution in [1.82, 2.24) is 19.5 Å². The quantitative estimate of drug-likeness (QED) is 0.487. The fourth-order valence-corrected chi connectivity index (χ4v) is 2.39. The van der Waals surface area contributed by atoms with Gasteiger partial charge in [-0.15, -0.1) is 0 Å². The van der Waals surface area contributed by atoms with E-state index in [1.165, 1.54) is 13.4 Å². The second-order valence-corrected chi connectivity index (χ2v) is 4.87. The Morgan fingerprint density at radius 1 is 1.57 bits per heavy atom. The number of aromatic nitrogens is 4. The molecule has 3 heterocycles. The van der Waals surface area contributed by atoms with Gasteiger partial charge in [-0.1, -0.05) is 0 Å². The zero-order valence-corrected chi connectivity index (χ0v) is 11.3. The first-order valence-corrected chi connectivity index (χ1v) is 6.28. The lowest BCUT2D eigenvalue weighted by molar-refractivity contribution is -0.0787. The van der Waals surface area contributed by atoms with Crippen LogP contribution >= 0.6 is 0 Å². The van der Waals surface area contributed by atoms with Gasteiger partial charge in [0.25, 0.3) is 0 Å². The summed E-state index contributed by atoms with van der Waals surface area (Å²) in [5, 5.41) is 19.2. The third kappa shape index (κ3) is 2.17. The van der Waals surface area contributed by atoms with Crippen molar-refractivity contribution < 1.29 is 19.7 Å². The van der Waals surface area contributed by atoms with Gasteiger partial charge in [-0.05, 0) is 0 Å². The summed E-state index contributed by atoms with van der Waals surface area (Å²) in [5.74, 6) is 0.275.